The second-order valence-electron chi connectivity index (χ2n) is 7.80. The molecule has 0 radical (unpaired) electrons. The van der Waals surface area contributed by atoms with E-state index in [0.29, 0.717) is 22.3 Å². The fourth-order valence-corrected chi connectivity index (χ4v) is 3.44. The Labute approximate surface area is 189 Å². The molecule has 0 spiro atoms. The zero-order valence-electron chi connectivity index (χ0n) is 18.9. The molecule has 0 aromatic heterocycles. The van der Waals surface area contributed by atoms with Crippen LogP contribution in [0, 0.1) is 0 Å². The maximum atomic E-state index is 12.8. The molecule has 0 saturated carbocycles. The number of quaternary nitrogens is 1. The molecule has 0 heterocycles. The molecule has 0 fully saturated rings. The maximum absolute atomic E-state index is 12.8. The van der Waals surface area contributed by atoms with Gasteiger partial charge in [-0.05, 0) is 32.0 Å². The lowest BCUT2D eigenvalue weighted by molar-refractivity contribution is -0.906. The molecule has 0 atom stereocenters. The van der Waals surface area contributed by atoms with Crippen molar-refractivity contribution < 1.29 is 31.2 Å². The minimum absolute atomic E-state index is 0.0688. The first-order valence-electron chi connectivity index (χ1n) is 10.5. The van der Waals surface area contributed by atoms with Crippen LogP contribution in [0.4, 0.5) is 5.69 Å². The molecule has 32 heavy (non-hydrogen) atoms. The number of nitrogens with one attached hydrogen (secondary N) is 1. The fourth-order valence-electron chi connectivity index (χ4n) is 3.44. The van der Waals surface area contributed by atoms with Crippen LogP contribution in [0.1, 0.15) is 52.1 Å². The van der Waals surface area contributed by atoms with Crippen LogP contribution in [0.2, 0.25) is 0 Å². The lowest BCUT2D eigenvalue weighted by Gasteiger charge is -2.32. The van der Waals surface area contributed by atoms with Crippen LogP contribution in [0.15, 0.2) is 42.5 Å². The van der Waals surface area contributed by atoms with Gasteiger partial charge in [-0.25, -0.2) is 8.42 Å². The van der Waals surface area contributed by atoms with Gasteiger partial charge in [0.25, 0.3) is 0 Å². The normalized spacial score (nSPS) is 13.0. The number of rotatable bonds is 8. The molecule has 0 amide bonds. The number of fused-ring (bicyclic) bond motifs is 2. The molecule has 1 aliphatic carbocycles. The summed E-state index contributed by atoms with van der Waals surface area (Å²) in [5.41, 5.74) is 2.90. The number of carbonyl (C=O) groups is 2. The average Bonchev–Trinajstić information content (AvgIpc) is 2.80. The summed E-state index contributed by atoms with van der Waals surface area (Å²) in [6, 6.07) is 12.5. The van der Waals surface area contributed by atoms with Crippen molar-refractivity contribution in [3.8, 4) is 0 Å². The Morgan fingerprint density at radius 1 is 0.938 bits per heavy atom. The number of hydrogen-bond acceptors (Lipinski definition) is 7. The molecular weight excluding hydrogens is 432 g/mol. The van der Waals surface area contributed by atoms with E-state index in [-0.39, 0.29) is 11.6 Å². The third-order valence-electron chi connectivity index (χ3n) is 5.86. The van der Waals surface area contributed by atoms with Crippen LogP contribution >= 0.6 is 0 Å². The molecular formula is C23H30N2O6S. The minimum Gasteiger partial charge on any atom is -0.726 e. The summed E-state index contributed by atoms with van der Waals surface area (Å²) in [5, 5.41) is 3.40. The zero-order valence-corrected chi connectivity index (χ0v) is 19.7. The number of carbonyl (C=O) groups excluding carboxylic acids is 2. The third-order valence-corrected chi connectivity index (χ3v) is 6.27. The van der Waals surface area contributed by atoms with Crippen molar-refractivity contribution in [2.75, 3.05) is 45.7 Å². The Balaban J connectivity index is 0.000000534. The number of anilines is 1. The van der Waals surface area contributed by atoms with Crippen molar-refractivity contribution in [1.29, 1.82) is 0 Å². The molecule has 1 aliphatic rings. The van der Waals surface area contributed by atoms with E-state index < -0.39 is 10.4 Å². The highest BCUT2D eigenvalue weighted by Crippen LogP contribution is 2.29. The van der Waals surface area contributed by atoms with E-state index in [1.54, 1.807) is 30.3 Å². The van der Waals surface area contributed by atoms with Crippen LogP contribution < -0.4 is 5.32 Å². The molecule has 0 aliphatic heterocycles. The van der Waals surface area contributed by atoms with E-state index in [0.717, 1.165) is 49.9 Å². The van der Waals surface area contributed by atoms with Crippen LogP contribution in [-0.2, 0) is 14.6 Å². The monoisotopic (exact) mass is 462 g/mol. The first kappa shape index (κ1) is 25.7. The molecule has 3 rings (SSSR count). The summed E-state index contributed by atoms with van der Waals surface area (Å²) >= 11 is 0. The van der Waals surface area contributed by atoms with Gasteiger partial charge in [-0.3, -0.25) is 13.8 Å². The van der Waals surface area contributed by atoms with Crippen molar-refractivity contribution in [3.63, 3.8) is 0 Å². The molecule has 9 heteroatoms. The molecule has 174 valence electrons. The molecule has 1 N–H and O–H groups in total. The lowest BCUT2D eigenvalue weighted by atomic mass is 9.84. The summed E-state index contributed by atoms with van der Waals surface area (Å²) in [6.45, 7) is 8.68. The van der Waals surface area contributed by atoms with Crippen LogP contribution in [0.25, 0.3) is 0 Å². The third kappa shape index (κ3) is 6.46. The first-order valence-corrected chi connectivity index (χ1v) is 11.8. The molecule has 8 nitrogen and oxygen atoms in total. The van der Waals surface area contributed by atoms with Gasteiger partial charge in [0, 0.05) is 40.9 Å². The van der Waals surface area contributed by atoms with Gasteiger partial charge in [0.15, 0.2) is 11.6 Å². The van der Waals surface area contributed by atoms with E-state index in [1.807, 2.05) is 12.1 Å². The highest BCUT2D eigenvalue weighted by Gasteiger charge is 2.29. The highest BCUT2D eigenvalue weighted by molar-refractivity contribution is 7.80. The largest absolute Gasteiger partial charge is 0.726 e. The molecule has 2 aromatic carbocycles. The van der Waals surface area contributed by atoms with Gasteiger partial charge in [0.1, 0.15) is 0 Å². The van der Waals surface area contributed by atoms with Gasteiger partial charge < -0.3 is 14.4 Å². The van der Waals surface area contributed by atoms with Gasteiger partial charge in [-0.1, -0.05) is 24.3 Å². The average molecular weight is 463 g/mol. The van der Waals surface area contributed by atoms with Crippen LogP contribution in [0.3, 0.4) is 0 Å². The smallest absolute Gasteiger partial charge is 0.217 e. The quantitative estimate of drug-likeness (QED) is 0.237. The number of ketones is 2. The van der Waals surface area contributed by atoms with E-state index in [4.69, 9.17) is 0 Å². The van der Waals surface area contributed by atoms with E-state index in [1.165, 1.54) is 0 Å². The summed E-state index contributed by atoms with van der Waals surface area (Å²) in [5.74, 6) is -0.138. The SMILES string of the molecule is CC[N+](C)(CC)CCCNc1ccc2c(c1)C(=O)c1ccccc1C2=O.COS(=O)(=O)[O-]. The van der Waals surface area contributed by atoms with Crippen molar-refractivity contribution >= 4 is 27.7 Å². The van der Waals surface area contributed by atoms with Gasteiger partial charge in [0.05, 0.1) is 33.8 Å². The summed E-state index contributed by atoms with van der Waals surface area (Å²) < 4.78 is 32.1. The van der Waals surface area contributed by atoms with E-state index in [9.17, 15) is 22.6 Å². The van der Waals surface area contributed by atoms with Crippen molar-refractivity contribution in [3.05, 3.63) is 64.7 Å². The predicted octanol–water partition coefficient (Wildman–Crippen LogP) is 2.84. The molecule has 0 bridgehead atoms. The number of benzene rings is 2. The Morgan fingerprint density at radius 2 is 1.44 bits per heavy atom. The van der Waals surface area contributed by atoms with E-state index >= 15 is 0 Å². The van der Waals surface area contributed by atoms with Gasteiger partial charge in [-0.2, -0.15) is 0 Å². The molecule has 0 saturated heterocycles. The summed E-state index contributed by atoms with van der Waals surface area (Å²) in [4.78, 5) is 25.4. The summed E-state index contributed by atoms with van der Waals surface area (Å²) in [7, 11) is -1.33. The Bertz CT molecular complexity index is 1080. The first-order chi connectivity index (χ1) is 15.0. The molecule has 2 aromatic rings. The second kappa shape index (κ2) is 10.8. The minimum atomic E-state index is -4.41. The van der Waals surface area contributed by atoms with Crippen molar-refractivity contribution in [2.45, 2.75) is 20.3 Å². The Morgan fingerprint density at radius 3 is 1.94 bits per heavy atom. The maximum Gasteiger partial charge on any atom is 0.217 e. The predicted molar refractivity (Wildman–Crippen MR) is 122 cm³/mol. The molecule has 0 unspecified atom stereocenters. The zero-order chi connectivity index (χ0) is 23.9. The van der Waals surface area contributed by atoms with Gasteiger partial charge >= 0.3 is 0 Å². The number of nitrogens with zero attached hydrogens (tertiary/aromatic N) is 1. The van der Waals surface area contributed by atoms with Crippen LogP contribution in [0.5, 0.6) is 0 Å². The fraction of sp³-hybridized carbons (Fsp3) is 0.391. The van der Waals surface area contributed by atoms with Gasteiger partial charge in [0.2, 0.25) is 10.4 Å². The topological polar surface area (TPSA) is 113 Å². The Hall–Kier alpha value is -2.59. The van der Waals surface area contributed by atoms with Crippen molar-refractivity contribution in [2.24, 2.45) is 0 Å². The van der Waals surface area contributed by atoms with E-state index in [2.05, 4.69) is 30.4 Å². The van der Waals surface area contributed by atoms with Gasteiger partial charge in [-0.15, -0.1) is 0 Å². The highest BCUT2D eigenvalue weighted by atomic mass is 32.3. The second-order valence-corrected chi connectivity index (χ2v) is 8.94. The van der Waals surface area contributed by atoms with Crippen LogP contribution in [-0.4, -0.2) is 69.4 Å². The Kier molecular flexibility index (Phi) is 8.68. The lowest BCUT2D eigenvalue weighted by Crippen LogP contribution is -2.44. The number of hydrogen-bond donors (Lipinski definition) is 1. The summed E-state index contributed by atoms with van der Waals surface area (Å²) in [6.07, 6.45) is 1.06. The van der Waals surface area contributed by atoms with Crippen molar-refractivity contribution in [1.82, 2.24) is 0 Å². The standard InChI is InChI=1S/C22H26N2O2.CH4O4S/c1-4-24(3,5-2)14-8-13-23-16-11-12-19-20(15-16)22(26)18-10-7-6-9-17(18)21(19)25;1-5-6(2,3)4/h6-7,9-12,15H,4-5,8,13-14H2,1-3H3;1H3,(H,2,3,4).